The Morgan fingerprint density at radius 2 is 2.00 bits per heavy atom. The number of carbonyl (C=O) groups is 1. The molecule has 110 valence electrons. The number of nitrogens with two attached hydrogens (primary N) is 1. The third kappa shape index (κ3) is 4.46. The second-order valence-corrected chi connectivity index (χ2v) is 6.19. The highest BCUT2D eigenvalue weighted by Gasteiger charge is 2.26. The minimum Gasteiger partial charge on any atom is -0.376 e. The number of rotatable bonds is 5. The quantitative estimate of drug-likeness (QED) is 0.801. The number of nitrogens with one attached hydrogen (secondary N) is 1. The van der Waals surface area contributed by atoms with Gasteiger partial charge in [-0.1, -0.05) is 32.1 Å². The first kappa shape index (κ1) is 14.8. The van der Waals surface area contributed by atoms with Crippen LogP contribution in [-0.4, -0.2) is 30.7 Å². The van der Waals surface area contributed by atoms with Crippen LogP contribution in [0.25, 0.3) is 0 Å². The second kappa shape index (κ2) is 7.25. The van der Waals surface area contributed by atoms with Gasteiger partial charge in [0.05, 0.1) is 18.2 Å². The fourth-order valence-electron chi connectivity index (χ4n) is 3.31. The first-order valence-electron chi connectivity index (χ1n) is 7.84. The van der Waals surface area contributed by atoms with Crippen molar-refractivity contribution in [3.05, 3.63) is 0 Å². The predicted octanol–water partition coefficient (Wildman–Crippen LogP) is 1.97. The lowest BCUT2D eigenvalue weighted by Gasteiger charge is -2.26. The molecule has 1 saturated heterocycles. The Hall–Kier alpha value is -0.610. The lowest BCUT2D eigenvalue weighted by molar-refractivity contribution is -0.124. The Bertz CT molecular complexity index is 284. The van der Waals surface area contributed by atoms with Gasteiger partial charge < -0.3 is 15.8 Å². The lowest BCUT2D eigenvalue weighted by atomic mass is 9.85. The summed E-state index contributed by atoms with van der Waals surface area (Å²) in [4.78, 5) is 12.1. The van der Waals surface area contributed by atoms with Crippen LogP contribution in [0.4, 0.5) is 0 Å². The molecule has 2 aliphatic rings. The van der Waals surface area contributed by atoms with Crippen molar-refractivity contribution in [2.75, 3.05) is 6.61 Å². The number of ether oxygens (including phenoxy) is 1. The van der Waals surface area contributed by atoms with Crippen molar-refractivity contribution in [2.45, 2.75) is 76.5 Å². The van der Waals surface area contributed by atoms with Gasteiger partial charge >= 0.3 is 0 Å². The van der Waals surface area contributed by atoms with Crippen molar-refractivity contribution < 1.29 is 9.53 Å². The Kier molecular flexibility index (Phi) is 5.64. The Morgan fingerprint density at radius 3 is 2.63 bits per heavy atom. The molecular weight excluding hydrogens is 240 g/mol. The van der Waals surface area contributed by atoms with E-state index in [0.717, 1.165) is 25.9 Å². The number of carbonyl (C=O) groups excluding carboxylic acids is 1. The molecule has 0 aromatic rings. The molecule has 0 bridgehead atoms. The summed E-state index contributed by atoms with van der Waals surface area (Å²) in [6.45, 7) is 2.83. The predicted molar refractivity (Wildman–Crippen MR) is 75.7 cm³/mol. The van der Waals surface area contributed by atoms with Crippen LogP contribution in [0.5, 0.6) is 0 Å². The van der Waals surface area contributed by atoms with E-state index in [1.807, 2.05) is 6.92 Å². The van der Waals surface area contributed by atoms with E-state index in [1.165, 1.54) is 32.1 Å². The van der Waals surface area contributed by atoms with Gasteiger partial charge in [0.15, 0.2) is 0 Å². The maximum Gasteiger partial charge on any atom is 0.237 e. The molecule has 4 nitrogen and oxygen atoms in total. The van der Waals surface area contributed by atoms with Crippen LogP contribution in [0.15, 0.2) is 0 Å². The molecule has 3 unspecified atom stereocenters. The zero-order chi connectivity index (χ0) is 13.7. The summed E-state index contributed by atoms with van der Waals surface area (Å²) in [5.74, 6) is 0.640. The number of hydrogen-bond acceptors (Lipinski definition) is 3. The highest BCUT2D eigenvalue weighted by molar-refractivity contribution is 5.81. The zero-order valence-corrected chi connectivity index (χ0v) is 12.1. The summed E-state index contributed by atoms with van der Waals surface area (Å²) in [6.07, 6.45) is 9.56. The first-order valence-corrected chi connectivity index (χ1v) is 7.84. The molecule has 3 atom stereocenters. The smallest absolute Gasteiger partial charge is 0.237 e. The SMILES string of the molecule is CC(NC(=O)C(N)CC1CCCCC1)C1CCCO1. The van der Waals surface area contributed by atoms with Crippen LogP contribution in [0.2, 0.25) is 0 Å². The van der Waals surface area contributed by atoms with Crippen molar-refractivity contribution >= 4 is 5.91 Å². The van der Waals surface area contributed by atoms with Crippen LogP contribution >= 0.6 is 0 Å². The summed E-state index contributed by atoms with van der Waals surface area (Å²) in [5.41, 5.74) is 6.04. The zero-order valence-electron chi connectivity index (χ0n) is 12.1. The molecule has 0 aromatic heterocycles. The van der Waals surface area contributed by atoms with Gasteiger partial charge in [-0.15, -0.1) is 0 Å². The molecular formula is C15H28N2O2. The van der Waals surface area contributed by atoms with Gasteiger partial charge in [-0.05, 0) is 32.1 Å². The Morgan fingerprint density at radius 1 is 1.26 bits per heavy atom. The van der Waals surface area contributed by atoms with Crippen LogP contribution in [0.1, 0.15) is 58.3 Å². The summed E-state index contributed by atoms with van der Waals surface area (Å²) in [6, 6.07) is -0.278. The van der Waals surface area contributed by atoms with Gasteiger partial charge in [-0.2, -0.15) is 0 Å². The van der Waals surface area contributed by atoms with Crippen molar-refractivity contribution in [2.24, 2.45) is 11.7 Å². The maximum atomic E-state index is 12.1. The normalized spacial score (nSPS) is 28.0. The highest BCUT2D eigenvalue weighted by Crippen LogP contribution is 2.27. The topological polar surface area (TPSA) is 64.4 Å². The van der Waals surface area contributed by atoms with Gasteiger partial charge in [-0.25, -0.2) is 0 Å². The van der Waals surface area contributed by atoms with E-state index in [-0.39, 0.29) is 24.1 Å². The largest absolute Gasteiger partial charge is 0.376 e. The summed E-state index contributed by atoms with van der Waals surface area (Å²) >= 11 is 0. The average molecular weight is 268 g/mol. The van der Waals surface area contributed by atoms with Crippen molar-refractivity contribution in [1.29, 1.82) is 0 Å². The van der Waals surface area contributed by atoms with Gasteiger partial charge in [0, 0.05) is 6.61 Å². The van der Waals surface area contributed by atoms with Crippen LogP contribution in [0, 0.1) is 5.92 Å². The molecule has 2 fully saturated rings. The third-order valence-corrected chi connectivity index (χ3v) is 4.54. The first-order chi connectivity index (χ1) is 9.16. The van der Waals surface area contributed by atoms with E-state index >= 15 is 0 Å². The van der Waals surface area contributed by atoms with E-state index in [2.05, 4.69) is 5.32 Å². The number of hydrogen-bond donors (Lipinski definition) is 2. The molecule has 1 aliphatic heterocycles. The maximum absolute atomic E-state index is 12.1. The molecule has 0 radical (unpaired) electrons. The van der Waals surface area contributed by atoms with Gasteiger partial charge in [0.2, 0.25) is 5.91 Å². The minimum absolute atomic E-state index is 0.00595. The van der Waals surface area contributed by atoms with E-state index in [9.17, 15) is 4.79 Å². The summed E-state index contributed by atoms with van der Waals surface area (Å²) in [7, 11) is 0. The fraction of sp³-hybridized carbons (Fsp3) is 0.933. The van der Waals surface area contributed by atoms with Crippen molar-refractivity contribution in [1.82, 2.24) is 5.32 Å². The van der Waals surface area contributed by atoms with Crippen LogP contribution in [-0.2, 0) is 9.53 Å². The van der Waals surface area contributed by atoms with Gasteiger partial charge in [0.25, 0.3) is 0 Å². The van der Waals surface area contributed by atoms with Gasteiger partial charge in [-0.3, -0.25) is 4.79 Å². The Balaban J connectivity index is 1.71. The van der Waals surface area contributed by atoms with E-state index < -0.39 is 0 Å². The molecule has 0 aromatic carbocycles. The van der Waals surface area contributed by atoms with Crippen LogP contribution < -0.4 is 11.1 Å². The molecule has 3 N–H and O–H groups in total. The van der Waals surface area contributed by atoms with E-state index in [4.69, 9.17) is 10.5 Å². The highest BCUT2D eigenvalue weighted by atomic mass is 16.5. The van der Waals surface area contributed by atoms with Crippen molar-refractivity contribution in [3.8, 4) is 0 Å². The monoisotopic (exact) mass is 268 g/mol. The molecule has 2 rings (SSSR count). The summed E-state index contributed by atoms with van der Waals surface area (Å²) in [5, 5.41) is 3.02. The number of amides is 1. The summed E-state index contributed by atoms with van der Waals surface area (Å²) < 4.78 is 5.59. The molecule has 19 heavy (non-hydrogen) atoms. The molecule has 0 spiro atoms. The molecule has 1 saturated carbocycles. The minimum atomic E-state index is -0.355. The average Bonchev–Trinajstić information content (AvgIpc) is 2.93. The molecule has 1 amide bonds. The van der Waals surface area contributed by atoms with Crippen LogP contribution in [0.3, 0.4) is 0 Å². The van der Waals surface area contributed by atoms with E-state index in [0.29, 0.717) is 5.92 Å². The molecule has 1 heterocycles. The lowest BCUT2D eigenvalue weighted by Crippen LogP contribution is -2.48. The molecule has 4 heteroatoms. The molecule has 1 aliphatic carbocycles. The van der Waals surface area contributed by atoms with E-state index in [1.54, 1.807) is 0 Å². The Labute approximate surface area is 116 Å². The third-order valence-electron chi connectivity index (χ3n) is 4.54. The fourth-order valence-corrected chi connectivity index (χ4v) is 3.31. The van der Waals surface area contributed by atoms with Gasteiger partial charge in [0.1, 0.15) is 0 Å². The second-order valence-electron chi connectivity index (χ2n) is 6.19. The standard InChI is InChI=1S/C15H28N2O2/c1-11(14-8-5-9-19-14)17-15(18)13(16)10-12-6-3-2-4-7-12/h11-14H,2-10,16H2,1H3,(H,17,18). The van der Waals surface area contributed by atoms with Crippen molar-refractivity contribution in [3.63, 3.8) is 0 Å².